The van der Waals surface area contributed by atoms with E-state index in [0.717, 1.165) is 12.3 Å². The van der Waals surface area contributed by atoms with Gasteiger partial charge < -0.3 is 0 Å². The highest BCUT2D eigenvalue weighted by Crippen LogP contribution is 2.26. The molecule has 0 fully saturated rings. The summed E-state index contributed by atoms with van der Waals surface area (Å²) in [5.74, 6) is 1.38. The van der Waals surface area contributed by atoms with Crippen LogP contribution in [0.4, 0.5) is 0 Å². The van der Waals surface area contributed by atoms with Gasteiger partial charge in [0.05, 0.1) is 0 Å². The summed E-state index contributed by atoms with van der Waals surface area (Å²) in [6.07, 6.45) is 2.37. The molecule has 16 heavy (non-hydrogen) atoms. The Morgan fingerprint density at radius 1 is 1.06 bits per heavy atom. The molecule has 0 aromatic heterocycles. The maximum Gasteiger partial charge on any atom is -0.0216 e. The molecule has 0 N–H and O–H groups in total. The molecule has 1 aromatic rings. The molecule has 0 spiro atoms. The van der Waals surface area contributed by atoms with Gasteiger partial charge in [0.25, 0.3) is 0 Å². The van der Waals surface area contributed by atoms with Crippen molar-refractivity contribution in [2.75, 3.05) is 0 Å². The molecule has 0 aliphatic rings. The van der Waals surface area contributed by atoms with Gasteiger partial charge in [0.1, 0.15) is 0 Å². The highest BCUT2D eigenvalue weighted by Gasteiger charge is 2.11. The lowest BCUT2D eigenvalue weighted by Gasteiger charge is -2.18. The molecule has 1 aromatic carbocycles. The lowest BCUT2D eigenvalue weighted by Crippen LogP contribution is -2.04. The number of hydrogen-bond acceptors (Lipinski definition) is 0. The molecule has 0 amide bonds. The Morgan fingerprint density at radius 2 is 1.69 bits per heavy atom. The third-order valence-electron chi connectivity index (χ3n) is 3.34. The number of benzene rings is 1. The Kier molecular flexibility index (Phi) is 4.58. The van der Waals surface area contributed by atoms with E-state index < -0.39 is 0 Å². The van der Waals surface area contributed by atoms with Gasteiger partial charge in [0, 0.05) is 0 Å². The summed E-state index contributed by atoms with van der Waals surface area (Å²) >= 11 is 0. The molecular weight excluding hydrogens is 192 g/mol. The second kappa shape index (κ2) is 5.52. The van der Waals surface area contributed by atoms with Crippen molar-refractivity contribution >= 4 is 0 Å². The van der Waals surface area contributed by atoms with Crippen LogP contribution in [0.25, 0.3) is 0 Å². The standard InChI is InChI=1S/C16H26/c1-7-15-13(6)16(12(4)5)9-8-14(15)10-11(2)3/h8-9,11-12H,7,10H2,1-6H3. The molecule has 0 aliphatic carbocycles. The van der Waals surface area contributed by atoms with Gasteiger partial charge in [-0.25, -0.2) is 0 Å². The predicted octanol–water partition coefficient (Wildman–Crippen LogP) is 4.88. The minimum Gasteiger partial charge on any atom is -0.0625 e. The maximum atomic E-state index is 2.35. The predicted molar refractivity (Wildman–Crippen MR) is 73.2 cm³/mol. The largest absolute Gasteiger partial charge is 0.0625 e. The first-order valence-corrected chi connectivity index (χ1v) is 6.58. The van der Waals surface area contributed by atoms with Crippen molar-refractivity contribution in [1.29, 1.82) is 0 Å². The molecule has 0 nitrogen and oxygen atoms in total. The topological polar surface area (TPSA) is 0 Å². The van der Waals surface area contributed by atoms with Crippen molar-refractivity contribution < 1.29 is 0 Å². The van der Waals surface area contributed by atoms with Crippen LogP contribution in [-0.2, 0) is 12.8 Å². The van der Waals surface area contributed by atoms with Crippen LogP contribution in [0.15, 0.2) is 12.1 Å². The normalized spacial score (nSPS) is 11.5. The van der Waals surface area contributed by atoms with E-state index in [0.29, 0.717) is 5.92 Å². The molecule has 0 saturated carbocycles. The van der Waals surface area contributed by atoms with Gasteiger partial charge in [0.15, 0.2) is 0 Å². The van der Waals surface area contributed by atoms with E-state index in [1.54, 1.807) is 11.1 Å². The number of rotatable bonds is 4. The van der Waals surface area contributed by atoms with E-state index in [2.05, 4.69) is 53.7 Å². The molecule has 0 aliphatic heterocycles. The lowest BCUT2D eigenvalue weighted by atomic mass is 9.87. The van der Waals surface area contributed by atoms with Gasteiger partial charge in [-0.15, -0.1) is 0 Å². The Labute approximate surface area is 101 Å². The van der Waals surface area contributed by atoms with Gasteiger partial charge >= 0.3 is 0 Å². The summed E-state index contributed by atoms with van der Waals surface area (Å²) in [5.41, 5.74) is 6.18. The Morgan fingerprint density at radius 3 is 2.12 bits per heavy atom. The first-order valence-electron chi connectivity index (χ1n) is 6.58. The molecule has 0 radical (unpaired) electrons. The second-order valence-corrected chi connectivity index (χ2v) is 5.52. The smallest absolute Gasteiger partial charge is 0.0216 e. The van der Waals surface area contributed by atoms with Crippen molar-refractivity contribution in [3.8, 4) is 0 Å². The van der Waals surface area contributed by atoms with Gasteiger partial charge in [-0.3, -0.25) is 0 Å². The first-order chi connectivity index (χ1) is 7.47. The average molecular weight is 218 g/mol. The van der Waals surface area contributed by atoms with E-state index in [9.17, 15) is 0 Å². The monoisotopic (exact) mass is 218 g/mol. The van der Waals surface area contributed by atoms with E-state index in [-0.39, 0.29) is 0 Å². The van der Waals surface area contributed by atoms with Crippen LogP contribution >= 0.6 is 0 Å². The van der Waals surface area contributed by atoms with E-state index in [1.807, 2.05) is 0 Å². The SMILES string of the molecule is CCc1c(CC(C)C)ccc(C(C)C)c1C. The molecule has 0 unspecified atom stereocenters. The average Bonchev–Trinajstić information content (AvgIpc) is 2.16. The van der Waals surface area contributed by atoms with Crippen LogP contribution in [0.1, 0.15) is 62.8 Å². The molecule has 0 atom stereocenters. The van der Waals surface area contributed by atoms with E-state index in [4.69, 9.17) is 0 Å². The van der Waals surface area contributed by atoms with Gasteiger partial charge in [-0.1, -0.05) is 46.8 Å². The fourth-order valence-electron chi connectivity index (χ4n) is 2.58. The summed E-state index contributed by atoms with van der Waals surface area (Å²) < 4.78 is 0. The molecule has 90 valence electrons. The molecule has 1 rings (SSSR count). The zero-order chi connectivity index (χ0) is 12.3. The van der Waals surface area contributed by atoms with E-state index >= 15 is 0 Å². The quantitative estimate of drug-likeness (QED) is 0.675. The van der Waals surface area contributed by atoms with Gasteiger partial charge in [-0.2, -0.15) is 0 Å². The molecule has 0 saturated heterocycles. The van der Waals surface area contributed by atoms with Crippen LogP contribution in [0, 0.1) is 12.8 Å². The van der Waals surface area contributed by atoms with Crippen molar-refractivity contribution in [1.82, 2.24) is 0 Å². The van der Waals surface area contributed by atoms with Gasteiger partial charge in [0.2, 0.25) is 0 Å². The Bertz CT molecular complexity index is 345. The Balaban J connectivity index is 3.18. The summed E-state index contributed by atoms with van der Waals surface area (Å²) in [7, 11) is 0. The van der Waals surface area contributed by atoms with Crippen LogP contribution in [-0.4, -0.2) is 0 Å². The fourth-order valence-corrected chi connectivity index (χ4v) is 2.58. The third-order valence-corrected chi connectivity index (χ3v) is 3.34. The van der Waals surface area contributed by atoms with Crippen molar-refractivity contribution in [2.45, 2.75) is 60.3 Å². The highest BCUT2D eigenvalue weighted by atomic mass is 14.2. The fraction of sp³-hybridized carbons (Fsp3) is 0.625. The molecule has 0 bridgehead atoms. The minimum absolute atomic E-state index is 0.637. The Hall–Kier alpha value is -0.780. The number of hydrogen-bond donors (Lipinski definition) is 0. The van der Waals surface area contributed by atoms with Gasteiger partial charge in [-0.05, 0) is 53.9 Å². The first kappa shape index (κ1) is 13.3. The van der Waals surface area contributed by atoms with Crippen LogP contribution in [0.3, 0.4) is 0 Å². The zero-order valence-electron chi connectivity index (χ0n) is 11.7. The highest BCUT2D eigenvalue weighted by molar-refractivity contribution is 5.42. The van der Waals surface area contributed by atoms with Crippen LogP contribution in [0.5, 0.6) is 0 Å². The zero-order valence-corrected chi connectivity index (χ0v) is 11.7. The molecule has 0 heterocycles. The van der Waals surface area contributed by atoms with E-state index in [1.165, 1.54) is 17.5 Å². The molecule has 0 heteroatoms. The summed E-state index contributed by atoms with van der Waals surface area (Å²) in [4.78, 5) is 0. The van der Waals surface area contributed by atoms with Crippen LogP contribution in [0.2, 0.25) is 0 Å². The minimum atomic E-state index is 0.637. The summed E-state index contributed by atoms with van der Waals surface area (Å²) in [6, 6.07) is 4.68. The maximum absolute atomic E-state index is 2.35. The van der Waals surface area contributed by atoms with Crippen molar-refractivity contribution in [3.63, 3.8) is 0 Å². The summed E-state index contributed by atoms with van der Waals surface area (Å²) in [5, 5.41) is 0. The third kappa shape index (κ3) is 2.87. The molecular formula is C16H26. The lowest BCUT2D eigenvalue weighted by molar-refractivity contribution is 0.642. The van der Waals surface area contributed by atoms with Crippen LogP contribution < -0.4 is 0 Å². The summed E-state index contributed by atoms with van der Waals surface area (Å²) in [6.45, 7) is 13.7. The second-order valence-electron chi connectivity index (χ2n) is 5.52. The van der Waals surface area contributed by atoms with Crippen molar-refractivity contribution in [3.05, 3.63) is 34.4 Å². The van der Waals surface area contributed by atoms with Crippen molar-refractivity contribution in [2.24, 2.45) is 5.92 Å².